The first-order valence-corrected chi connectivity index (χ1v) is 6.44. The van der Waals surface area contributed by atoms with E-state index in [4.69, 9.17) is 4.74 Å². The van der Waals surface area contributed by atoms with E-state index in [0.717, 1.165) is 0 Å². The highest BCUT2D eigenvalue weighted by Gasteiger charge is 2.44. The lowest BCUT2D eigenvalue weighted by molar-refractivity contribution is -0.144. The van der Waals surface area contributed by atoms with Crippen molar-refractivity contribution in [3.63, 3.8) is 0 Å². The Morgan fingerprint density at radius 3 is 2.43 bits per heavy atom. The summed E-state index contributed by atoms with van der Waals surface area (Å²) in [6.07, 6.45) is 0.212. The van der Waals surface area contributed by atoms with Crippen molar-refractivity contribution in [2.45, 2.75) is 12.0 Å². The first-order chi connectivity index (χ1) is 9.98. The van der Waals surface area contributed by atoms with Crippen molar-refractivity contribution in [2.75, 3.05) is 20.3 Å². The number of hydrogen-bond acceptors (Lipinski definition) is 4. The minimum atomic E-state index is -1.40. The van der Waals surface area contributed by atoms with E-state index in [1.165, 1.54) is 19.2 Å². The van der Waals surface area contributed by atoms with Crippen molar-refractivity contribution in [3.05, 3.63) is 35.4 Å². The molecule has 2 amide bonds. The average molecular weight is 292 g/mol. The minimum Gasteiger partial charge on any atom is -0.479 e. The van der Waals surface area contributed by atoms with E-state index in [1.807, 2.05) is 0 Å². The quantitative estimate of drug-likeness (QED) is 0.725. The fourth-order valence-corrected chi connectivity index (χ4v) is 2.12. The van der Waals surface area contributed by atoms with E-state index >= 15 is 0 Å². The number of amides is 2. The smallest absolute Gasteiger partial charge is 0.331 e. The number of ether oxygens (including phenoxy) is 1. The molecule has 112 valence electrons. The van der Waals surface area contributed by atoms with Crippen LogP contribution in [0.25, 0.3) is 0 Å². The Kier molecular flexibility index (Phi) is 4.23. The predicted molar refractivity (Wildman–Crippen MR) is 73.1 cm³/mol. The number of carbonyl (C=O) groups excluding carboxylic acids is 2. The zero-order chi connectivity index (χ0) is 15.5. The third-order valence-corrected chi connectivity index (χ3v) is 3.40. The Labute approximate surface area is 121 Å². The number of hydrogen-bond donors (Lipinski definition) is 3. The molecule has 0 aromatic heterocycles. The normalized spacial score (nSPS) is 20.8. The monoisotopic (exact) mass is 292 g/mol. The van der Waals surface area contributed by atoms with Crippen LogP contribution in [-0.4, -0.2) is 48.7 Å². The van der Waals surface area contributed by atoms with Crippen LogP contribution in [0.3, 0.4) is 0 Å². The lowest BCUT2D eigenvalue weighted by atomic mass is 9.98. The van der Waals surface area contributed by atoms with Crippen molar-refractivity contribution >= 4 is 17.8 Å². The molecule has 3 N–H and O–H groups in total. The van der Waals surface area contributed by atoms with Crippen LogP contribution in [0.15, 0.2) is 24.3 Å². The summed E-state index contributed by atoms with van der Waals surface area (Å²) in [5, 5.41) is 14.2. The molecule has 7 heteroatoms. The summed E-state index contributed by atoms with van der Waals surface area (Å²) in [6, 6.07) is 6.08. The molecule has 1 aliphatic rings. The number of benzene rings is 1. The van der Waals surface area contributed by atoms with Crippen molar-refractivity contribution < 1.29 is 24.2 Å². The molecule has 0 spiro atoms. The molecule has 1 saturated heterocycles. The SMILES string of the molecule is CNC(=O)c1cccc(C(=O)NC2(C(=O)O)CCOC2)c1. The topological polar surface area (TPSA) is 105 Å². The predicted octanol–water partition coefficient (Wildman–Crippen LogP) is 0.0197. The molecule has 0 radical (unpaired) electrons. The van der Waals surface area contributed by atoms with Gasteiger partial charge in [0.05, 0.1) is 6.61 Å². The van der Waals surface area contributed by atoms with Crippen LogP contribution in [0.4, 0.5) is 0 Å². The van der Waals surface area contributed by atoms with Gasteiger partial charge in [-0.2, -0.15) is 0 Å². The zero-order valence-electron chi connectivity index (χ0n) is 11.5. The maximum atomic E-state index is 12.2. The van der Waals surface area contributed by atoms with Gasteiger partial charge in [-0.1, -0.05) is 6.07 Å². The van der Waals surface area contributed by atoms with Gasteiger partial charge < -0.3 is 20.5 Å². The fourth-order valence-electron chi connectivity index (χ4n) is 2.12. The van der Waals surface area contributed by atoms with Gasteiger partial charge in [0.1, 0.15) is 0 Å². The van der Waals surface area contributed by atoms with Gasteiger partial charge in [-0.05, 0) is 18.2 Å². The van der Waals surface area contributed by atoms with Gasteiger partial charge in [-0.25, -0.2) is 4.79 Å². The van der Waals surface area contributed by atoms with Crippen molar-refractivity contribution in [1.82, 2.24) is 10.6 Å². The number of rotatable bonds is 4. The number of carboxylic acid groups (broad SMARTS) is 1. The molecular weight excluding hydrogens is 276 g/mol. The number of aliphatic carboxylic acids is 1. The van der Waals surface area contributed by atoms with Gasteiger partial charge in [0.15, 0.2) is 5.54 Å². The summed E-state index contributed by atoms with van der Waals surface area (Å²) in [6.45, 7) is 0.216. The molecule has 1 unspecified atom stereocenters. The standard InChI is InChI=1S/C14H16N2O5/c1-15-11(17)9-3-2-4-10(7-9)12(18)16-14(13(19)20)5-6-21-8-14/h2-4,7H,5-6,8H2,1H3,(H,15,17)(H,16,18)(H,19,20). The van der Waals surface area contributed by atoms with E-state index in [1.54, 1.807) is 12.1 Å². The summed E-state index contributed by atoms with van der Waals surface area (Å²) < 4.78 is 5.08. The summed E-state index contributed by atoms with van der Waals surface area (Å²) >= 11 is 0. The molecule has 7 nitrogen and oxygen atoms in total. The first kappa shape index (κ1) is 15.0. The summed E-state index contributed by atoms with van der Waals surface area (Å²) in [4.78, 5) is 35.1. The van der Waals surface area contributed by atoms with Crippen molar-refractivity contribution in [1.29, 1.82) is 0 Å². The molecule has 0 aliphatic carbocycles. The number of carboxylic acids is 1. The second-order valence-corrected chi connectivity index (χ2v) is 4.80. The molecule has 2 rings (SSSR count). The first-order valence-electron chi connectivity index (χ1n) is 6.44. The highest BCUT2D eigenvalue weighted by molar-refractivity contribution is 6.01. The van der Waals surface area contributed by atoms with E-state index in [0.29, 0.717) is 5.56 Å². The Bertz CT molecular complexity index is 578. The number of carbonyl (C=O) groups is 3. The number of nitrogens with one attached hydrogen (secondary N) is 2. The molecule has 1 aromatic carbocycles. The average Bonchev–Trinajstić information content (AvgIpc) is 2.96. The van der Waals surface area contributed by atoms with E-state index < -0.39 is 17.4 Å². The molecule has 1 heterocycles. The maximum absolute atomic E-state index is 12.2. The lowest BCUT2D eigenvalue weighted by Crippen LogP contribution is -2.55. The summed E-state index contributed by atoms with van der Waals surface area (Å²) in [5.41, 5.74) is -0.846. The lowest BCUT2D eigenvalue weighted by Gasteiger charge is -2.23. The third kappa shape index (κ3) is 3.03. The minimum absolute atomic E-state index is 0.0663. The van der Waals surface area contributed by atoms with E-state index in [-0.39, 0.29) is 31.1 Å². The highest BCUT2D eigenvalue weighted by atomic mass is 16.5. The Morgan fingerprint density at radius 2 is 1.90 bits per heavy atom. The molecule has 21 heavy (non-hydrogen) atoms. The van der Waals surface area contributed by atoms with Crippen LogP contribution >= 0.6 is 0 Å². The summed E-state index contributed by atoms with van der Waals surface area (Å²) in [5.74, 6) is -1.99. The Morgan fingerprint density at radius 1 is 1.24 bits per heavy atom. The van der Waals surface area contributed by atoms with Gasteiger partial charge in [0.2, 0.25) is 0 Å². The van der Waals surface area contributed by atoms with Gasteiger partial charge in [0, 0.05) is 31.2 Å². The van der Waals surface area contributed by atoms with Crippen LogP contribution < -0.4 is 10.6 Å². The zero-order valence-corrected chi connectivity index (χ0v) is 11.5. The van der Waals surface area contributed by atoms with E-state index in [2.05, 4.69) is 10.6 Å². The molecule has 1 fully saturated rings. The molecule has 1 atom stereocenters. The van der Waals surface area contributed by atoms with Gasteiger partial charge >= 0.3 is 5.97 Å². The molecular formula is C14H16N2O5. The van der Waals surface area contributed by atoms with Crippen molar-refractivity contribution in [3.8, 4) is 0 Å². The second kappa shape index (κ2) is 5.92. The Balaban J connectivity index is 2.20. The highest BCUT2D eigenvalue weighted by Crippen LogP contribution is 2.20. The molecule has 0 bridgehead atoms. The van der Waals surface area contributed by atoms with Crippen LogP contribution in [0.2, 0.25) is 0 Å². The largest absolute Gasteiger partial charge is 0.479 e. The van der Waals surface area contributed by atoms with E-state index in [9.17, 15) is 19.5 Å². The maximum Gasteiger partial charge on any atom is 0.331 e. The Hall–Kier alpha value is -2.41. The van der Waals surface area contributed by atoms with Crippen LogP contribution in [-0.2, 0) is 9.53 Å². The summed E-state index contributed by atoms with van der Waals surface area (Å²) in [7, 11) is 1.49. The fraction of sp³-hybridized carbons (Fsp3) is 0.357. The molecule has 1 aromatic rings. The van der Waals surface area contributed by atoms with Gasteiger partial charge in [-0.15, -0.1) is 0 Å². The van der Waals surface area contributed by atoms with Crippen LogP contribution in [0.5, 0.6) is 0 Å². The van der Waals surface area contributed by atoms with Crippen LogP contribution in [0.1, 0.15) is 27.1 Å². The third-order valence-electron chi connectivity index (χ3n) is 3.40. The van der Waals surface area contributed by atoms with Crippen molar-refractivity contribution in [2.24, 2.45) is 0 Å². The second-order valence-electron chi connectivity index (χ2n) is 4.80. The van der Waals surface area contributed by atoms with Crippen LogP contribution in [0, 0.1) is 0 Å². The molecule has 1 aliphatic heterocycles. The van der Waals surface area contributed by atoms with Gasteiger partial charge in [0.25, 0.3) is 11.8 Å². The van der Waals surface area contributed by atoms with Gasteiger partial charge in [-0.3, -0.25) is 9.59 Å². The molecule has 0 saturated carbocycles.